The second-order valence-corrected chi connectivity index (χ2v) is 6.39. The molecule has 0 aliphatic carbocycles. The average Bonchev–Trinajstić information content (AvgIpc) is 2.80. The normalized spacial score (nSPS) is 17.7. The molecule has 3 heteroatoms. The molecule has 0 radical (unpaired) electrons. The van der Waals surface area contributed by atoms with E-state index in [-0.39, 0.29) is 0 Å². The summed E-state index contributed by atoms with van der Waals surface area (Å²) in [6.07, 6.45) is 0. The molecule has 0 bridgehead atoms. The third-order valence-electron chi connectivity index (χ3n) is 3.14. The van der Waals surface area contributed by atoms with Crippen molar-refractivity contribution in [3.05, 3.63) is 64.1 Å². The summed E-state index contributed by atoms with van der Waals surface area (Å²) in [7, 11) is 0. The summed E-state index contributed by atoms with van der Waals surface area (Å²) in [4.78, 5) is 1.42. The van der Waals surface area contributed by atoms with Crippen molar-refractivity contribution >= 4 is 27.7 Å². The highest BCUT2D eigenvalue weighted by atomic mass is 79.9. The Morgan fingerprint density at radius 1 is 1.17 bits per heavy atom. The maximum absolute atomic E-state index is 3.64. The second-order valence-electron chi connectivity index (χ2n) is 4.41. The van der Waals surface area contributed by atoms with Crippen LogP contribution in [-0.4, -0.2) is 5.75 Å². The molecule has 1 atom stereocenters. The fourth-order valence-corrected chi connectivity index (χ4v) is 3.86. The molecule has 18 heavy (non-hydrogen) atoms. The molecule has 1 heterocycles. The molecule has 1 nitrogen and oxygen atoms in total. The van der Waals surface area contributed by atoms with Crippen LogP contribution in [0.15, 0.2) is 57.9 Å². The molecule has 0 saturated carbocycles. The van der Waals surface area contributed by atoms with Gasteiger partial charge in [-0.1, -0.05) is 46.3 Å². The van der Waals surface area contributed by atoms with Crippen LogP contribution in [0.3, 0.4) is 0 Å². The van der Waals surface area contributed by atoms with E-state index in [4.69, 9.17) is 0 Å². The molecule has 2 aromatic carbocycles. The van der Waals surface area contributed by atoms with Crippen molar-refractivity contribution in [2.75, 3.05) is 5.75 Å². The van der Waals surface area contributed by atoms with Gasteiger partial charge in [0.2, 0.25) is 0 Å². The van der Waals surface area contributed by atoms with Crippen LogP contribution < -0.4 is 5.32 Å². The SMILES string of the molecule is Brc1cccc(CNC2CSc3ccccc32)c1. The fraction of sp³-hybridized carbons (Fsp3) is 0.200. The highest BCUT2D eigenvalue weighted by molar-refractivity contribution is 9.10. The molecule has 1 unspecified atom stereocenters. The predicted octanol–water partition coefficient (Wildman–Crippen LogP) is 4.39. The standard InChI is InChI=1S/C15H14BrNS/c16-12-5-3-4-11(8-12)9-17-14-10-18-15-7-2-1-6-13(14)15/h1-8,14,17H,9-10H2. The first-order valence-electron chi connectivity index (χ1n) is 6.02. The van der Waals surface area contributed by atoms with Crippen molar-refractivity contribution in [1.82, 2.24) is 5.32 Å². The summed E-state index contributed by atoms with van der Waals surface area (Å²) >= 11 is 5.45. The average molecular weight is 320 g/mol. The molecule has 0 fully saturated rings. The zero-order chi connectivity index (χ0) is 12.4. The van der Waals surface area contributed by atoms with Crippen LogP contribution >= 0.6 is 27.7 Å². The van der Waals surface area contributed by atoms with Gasteiger partial charge in [0.15, 0.2) is 0 Å². The summed E-state index contributed by atoms with van der Waals surface area (Å²) in [5.41, 5.74) is 2.76. The lowest BCUT2D eigenvalue weighted by atomic mass is 10.1. The van der Waals surface area contributed by atoms with E-state index in [1.54, 1.807) is 0 Å². The fourth-order valence-electron chi connectivity index (χ4n) is 2.22. The van der Waals surface area contributed by atoms with Crippen molar-refractivity contribution in [1.29, 1.82) is 0 Å². The maximum Gasteiger partial charge on any atom is 0.0429 e. The van der Waals surface area contributed by atoms with Crippen LogP contribution in [0.1, 0.15) is 17.2 Å². The Balaban J connectivity index is 1.69. The number of hydrogen-bond donors (Lipinski definition) is 1. The van der Waals surface area contributed by atoms with Gasteiger partial charge in [-0.25, -0.2) is 0 Å². The van der Waals surface area contributed by atoms with Gasteiger partial charge in [0.1, 0.15) is 0 Å². The lowest BCUT2D eigenvalue weighted by Crippen LogP contribution is -2.20. The highest BCUT2D eigenvalue weighted by Crippen LogP contribution is 2.37. The topological polar surface area (TPSA) is 12.0 Å². The molecule has 0 saturated heterocycles. The lowest BCUT2D eigenvalue weighted by molar-refractivity contribution is 0.583. The molecule has 3 rings (SSSR count). The Kier molecular flexibility index (Phi) is 3.73. The molecule has 1 aliphatic heterocycles. The zero-order valence-corrected chi connectivity index (χ0v) is 12.3. The summed E-state index contributed by atoms with van der Waals surface area (Å²) < 4.78 is 1.14. The van der Waals surface area contributed by atoms with E-state index in [0.29, 0.717) is 6.04 Å². The number of hydrogen-bond acceptors (Lipinski definition) is 2. The van der Waals surface area contributed by atoms with Crippen molar-refractivity contribution in [2.45, 2.75) is 17.5 Å². The van der Waals surface area contributed by atoms with Crippen LogP contribution in [0, 0.1) is 0 Å². The summed E-state index contributed by atoms with van der Waals surface area (Å²) in [5, 5.41) is 3.64. The first kappa shape index (κ1) is 12.3. The second kappa shape index (κ2) is 5.47. The van der Waals surface area contributed by atoms with Gasteiger partial charge >= 0.3 is 0 Å². The number of rotatable bonds is 3. The molecule has 2 aromatic rings. The number of fused-ring (bicyclic) bond motifs is 1. The van der Waals surface area contributed by atoms with Gasteiger partial charge in [0.05, 0.1) is 0 Å². The summed E-state index contributed by atoms with van der Waals surface area (Å²) in [6.45, 7) is 0.916. The molecule has 0 aromatic heterocycles. The highest BCUT2D eigenvalue weighted by Gasteiger charge is 2.21. The van der Waals surface area contributed by atoms with Gasteiger partial charge in [-0.2, -0.15) is 0 Å². The van der Waals surface area contributed by atoms with Gasteiger partial charge in [0, 0.05) is 27.7 Å². The van der Waals surface area contributed by atoms with Crippen LogP contribution in [0.5, 0.6) is 0 Å². The molecular weight excluding hydrogens is 306 g/mol. The van der Waals surface area contributed by atoms with Crippen molar-refractivity contribution in [3.63, 3.8) is 0 Å². The van der Waals surface area contributed by atoms with Crippen molar-refractivity contribution in [2.24, 2.45) is 0 Å². The predicted molar refractivity (Wildman–Crippen MR) is 80.9 cm³/mol. The third-order valence-corrected chi connectivity index (χ3v) is 4.82. The largest absolute Gasteiger partial charge is 0.305 e. The number of nitrogens with one attached hydrogen (secondary N) is 1. The minimum absolute atomic E-state index is 0.477. The molecule has 0 spiro atoms. The minimum Gasteiger partial charge on any atom is -0.305 e. The monoisotopic (exact) mass is 319 g/mol. The minimum atomic E-state index is 0.477. The van der Waals surface area contributed by atoms with E-state index in [0.717, 1.165) is 16.8 Å². The van der Waals surface area contributed by atoms with Gasteiger partial charge in [-0.05, 0) is 29.3 Å². The Labute approximate surface area is 120 Å². The van der Waals surface area contributed by atoms with Gasteiger partial charge in [-0.3, -0.25) is 0 Å². The Bertz CT molecular complexity index is 556. The third kappa shape index (κ3) is 2.63. The van der Waals surface area contributed by atoms with E-state index in [1.165, 1.54) is 16.0 Å². The van der Waals surface area contributed by atoms with E-state index in [9.17, 15) is 0 Å². The molecule has 1 aliphatic rings. The van der Waals surface area contributed by atoms with Crippen LogP contribution in [0.4, 0.5) is 0 Å². The van der Waals surface area contributed by atoms with E-state index < -0.39 is 0 Å². The van der Waals surface area contributed by atoms with Crippen molar-refractivity contribution < 1.29 is 0 Å². The number of benzene rings is 2. The van der Waals surface area contributed by atoms with Crippen molar-refractivity contribution in [3.8, 4) is 0 Å². The summed E-state index contributed by atoms with van der Waals surface area (Å²) in [5.74, 6) is 1.13. The Morgan fingerprint density at radius 3 is 2.94 bits per heavy atom. The molecule has 92 valence electrons. The molecule has 0 amide bonds. The number of thioether (sulfide) groups is 1. The maximum atomic E-state index is 3.64. The first-order valence-corrected chi connectivity index (χ1v) is 7.80. The number of halogens is 1. The van der Waals surface area contributed by atoms with E-state index >= 15 is 0 Å². The van der Waals surface area contributed by atoms with Crippen LogP contribution in [-0.2, 0) is 6.54 Å². The lowest BCUT2D eigenvalue weighted by Gasteiger charge is -2.13. The van der Waals surface area contributed by atoms with Gasteiger partial charge in [-0.15, -0.1) is 11.8 Å². The molecule has 1 N–H and O–H groups in total. The van der Waals surface area contributed by atoms with Gasteiger partial charge in [0.25, 0.3) is 0 Å². The molecular formula is C15H14BrNS. The van der Waals surface area contributed by atoms with Crippen LogP contribution in [0.25, 0.3) is 0 Å². The van der Waals surface area contributed by atoms with Gasteiger partial charge < -0.3 is 5.32 Å². The van der Waals surface area contributed by atoms with E-state index in [2.05, 4.69) is 69.8 Å². The van der Waals surface area contributed by atoms with Crippen LogP contribution in [0.2, 0.25) is 0 Å². The first-order chi connectivity index (χ1) is 8.83. The zero-order valence-electron chi connectivity index (χ0n) is 9.90. The Hall–Kier alpha value is -0.770. The Morgan fingerprint density at radius 2 is 2.06 bits per heavy atom. The quantitative estimate of drug-likeness (QED) is 0.900. The summed E-state index contributed by atoms with van der Waals surface area (Å²) in [6, 6.07) is 17.6. The smallest absolute Gasteiger partial charge is 0.0429 e. The van der Waals surface area contributed by atoms with E-state index in [1.807, 2.05) is 11.8 Å².